The molecule has 0 aromatic carbocycles. The van der Waals surface area contributed by atoms with Gasteiger partial charge in [0.25, 0.3) is 11.8 Å². The van der Waals surface area contributed by atoms with E-state index < -0.39 is 77.4 Å². The average molecular weight is 542 g/mol. The number of amides is 4. The highest BCUT2D eigenvalue weighted by atomic mass is 16.4. The molecular weight excluding hydrogens is 494 g/mol. The van der Waals surface area contributed by atoms with Crippen molar-refractivity contribution in [3.05, 3.63) is 0 Å². The summed E-state index contributed by atoms with van der Waals surface area (Å²) in [5, 5.41) is 14.5. The fourth-order valence-electron chi connectivity index (χ4n) is 3.61. The smallest absolute Gasteiger partial charge is 0.326 e. The highest BCUT2D eigenvalue weighted by Gasteiger charge is 2.44. The van der Waals surface area contributed by atoms with Crippen molar-refractivity contribution in [1.82, 2.24) is 15.5 Å². The molecule has 0 aliphatic rings. The lowest BCUT2D eigenvalue weighted by Gasteiger charge is -2.35. The molecule has 0 spiro atoms. The van der Waals surface area contributed by atoms with E-state index in [0.717, 1.165) is 0 Å². The average Bonchev–Trinajstić information content (AvgIpc) is 2.82. The van der Waals surface area contributed by atoms with Crippen molar-refractivity contribution in [3.8, 4) is 0 Å². The molecule has 12 nitrogen and oxygen atoms in total. The van der Waals surface area contributed by atoms with Gasteiger partial charge >= 0.3 is 5.97 Å². The maximum absolute atomic E-state index is 13.9. The third-order valence-electron chi connectivity index (χ3n) is 6.23. The van der Waals surface area contributed by atoms with Gasteiger partial charge in [0.15, 0.2) is 0 Å². The number of imide groups is 1. The number of carboxylic acid groups (broad SMARTS) is 1. The van der Waals surface area contributed by atoms with Gasteiger partial charge in [-0.15, -0.1) is 0 Å². The molecule has 0 bridgehead atoms. The second kappa shape index (κ2) is 15.5. The molecule has 0 aromatic heterocycles. The lowest BCUT2D eigenvalue weighted by Crippen LogP contribution is -2.63. The Morgan fingerprint density at radius 3 is 1.61 bits per heavy atom. The zero-order valence-electron chi connectivity index (χ0n) is 24.1. The molecule has 0 aliphatic carbocycles. The van der Waals surface area contributed by atoms with E-state index in [1.54, 1.807) is 62.3 Å². The molecule has 0 heterocycles. The minimum Gasteiger partial charge on any atom is -0.480 e. The number of hydrogen-bond acceptors (Lipinski definition) is 8. The molecular formula is C26H47N5O7. The van der Waals surface area contributed by atoms with Crippen LogP contribution in [0.25, 0.3) is 0 Å². The summed E-state index contributed by atoms with van der Waals surface area (Å²) in [6.07, 6.45) is 0.0440. The number of carboxylic acids is 1. The number of nitrogens with zero attached hydrogens (tertiary/aromatic N) is 1. The summed E-state index contributed by atoms with van der Waals surface area (Å²) in [5.74, 6) is -7.74. The lowest BCUT2D eigenvalue weighted by atomic mass is 9.95. The van der Waals surface area contributed by atoms with Gasteiger partial charge in [-0.25, -0.2) is 4.79 Å². The van der Waals surface area contributed by atoms with Crippen LogP contribution < -0.4 is 22.1 Å². The predicted molar refractivity (Wildman–Crippen MR) is 142 cm³/mol. The van der Waals surface area contributed by atoms with Gasteiger partial charge in [0, 0.05) is 0 Å². The minimum atomic E-state index is -1.53. The molecule has 0 aliphatic heterocycles. The van der Waals surface area contributed by atoms with Crippen molar-refractivity contribution in [2.45, 2.75) is 105 Å². The lowest BCUT2D eigenvalue weighted by molar-refractivity contribution is -0.160. The van der Waals surface area contributed by atoms with Crippen LogP contribution in [-0.4, -0.2) is 75.6 Å². The number of carbonyl (C=O) groups excluding carboxylic acids is 5. The molecule has 7 N–H and O–H groups in total. The Bertz CT molecular complexity index is 872. The van der Waals surface area contributed by atoms with E-state index in [-0.39, 0.29) is 24.7 Å². The van der Waals surface area contributed by atoms with Crippen LogP contribution in [0.4, 0.5) is 0 Å². The van der Waals surface area contributed by atoms with Gasteiger partial charge in [-0.2, -0.15) is 0 Å². The van der Waals surface area contributed by atoms with E-state index in [0.29, 0.717) is 4.90 Å². The molecule has 4 amide bonds. The van der Waals surface area contributed by atoms with Crippen LogP contribution in [0.1, 0.15) is 75.2 Å². The quantitative estimate of drug-likeness (QED) is 0.182. The van der Waals surface area contributed by atoms with Crippen LogP contribution in [0, 0.1) is 23.7 Å². The molecule has 5 atom stereocenters. The molecule has 0 aromatic rings. The summed E-state index contributed by atoms with van der Waals surface area (Å²) in [6.45, 7) is 15.0. The minimum absolute atomic E-state index is 0.0628. The highest BCUT2D eigenvalue weighted by Crippen LogP contribution is 2.19. The molecule has 0 saturated heterocycles. The van der Waals surface area contributed by atoms with Gasteiger partial charge in [-0.3, -0.25) is 28.9 Å². The second-order valence-corrected chi connectivity index (χ2v) is 11.1. The number of nitrogens with one attached hydrogen (secondary N) is 2. The number of aliphatic carboxylic acids is 1. The van der Waals surface area contributed by atoms with Gasteiger partial charge < -0.3 is 27.2 Å². The first-order valence-electron chi connectivity index (χ1n) is 13.1. The monoisotopic (exact) mass is 541 g/mol. The number of Topliss-reactive ketones (excluding diaryl/α,β-unsaturated/α-hetero) is 1. The standard InChI is InChI=1S/C26H47N5O7/c1-10-16(27)21(32)25(36)31(24(35)19(14(6)7)29-23(34)18(28)13(4)5)17(11-12(2)3)22(33)30-20(15(8)9)26(37)38/h12-20H,10-11,27-28H2,1-9H3,(H,29,34)(H,30,33)(H,37,38)/t16-,17-,18+,19+,20+/m1/s1. The SMILES string of the molecule is CC[C@@H](N)C(=O)C(=O)N(C(=O)[C@@H](NC(=O)[C@@H](N)C(C)C)C(C)C)[C@H](CC(C)C)C(=O)N[C@H](C(=O)O)C(C)C. The van der Waals surface area contributed by atoms with Gasteiger partial charge in [0.1, 0.15) is 18.1 Å². The fraction of sp³-hybridized carbons (Fsp3) is 0.769. The summed E-state index contributed by atoms with van der Waals surface area (Å²) < 4.78 is 0. The Labute approximate surface area is 225 Å². The van der Waals surface area contributed by atoms with Crippen LogP contribution in [0.2, 0.25) is 0 Å². The van der Waals surface area contributed by atoms with Crippen LogP contribution in [0.5, 0.6) is 0 Å². The predicted octanol–water partition coefficient (Wildman–Crippen LogP) is 0.412. The Morgan fingerprint density at radius 2 is 1.24 bits per heavy atom. The summed E-state index contributed by atoms with van der Waals surface area (Å²) in [6, 6.07) is -6.29. The molecule has 0 fully saturated rings. The largest absolute Gasteiger partial charge is 0.480 e. The highest BCUT2D eigenvalue weighted by molar-refractivity contribution is 6.41. The molecule has 0 unspecified atom stereocenters. The van der Waals surface area contributed by atoms with Crippen LogP contribution in [0.3, 0.4) is 0 Å². The zero-order chi connectivity index (χ0) is 30.1. The van der Waals surface area contributed by atoms with Gasteiger partial charge in [-0.1, -0.05) is 62.3 Å². The summed E-state index contributed by atoms with van der Waals surface area (Å²) in [7, 11) is 0. The van der Waals surface area contributed by atoms with Crippen molar-refractivity contribution >= 4 is 35.4 Å². The molecule has 38 heavy (non-hydrogen) atoms. The van der Waals surface area contributed by atoms with Crippen LogP contribution in [-0.2, 0) is 28.8 Å². The second-order valence-electron chi connectivity index (χ2n) is 11.1. The van der Waals surface area contributed by atoms with Crippen molar-refractivity contribution < 1.29 is 33.9 Å². The zero-order valence-corrected chi connectivity index (χ0v) is 24.1. The van der Waals surface area contributed by atoms with E-state index in [9.17, 15) is 33.9 Å². The molecule has 0 rings (SSSR count). The van der Waals surface area contributed by atoms with Crippen LogP contribution in [0.15, 0.2) is 0 Å². The third kappa shape index (κ3) is 9.79. The van der Waals surface area contributed by atoms with Crippen molar-refractivity contribution in [3.63, 3.8) is 0 Å². The first-order valence-corrected chi connectivity index (χ1v) is 13.1. The fourth-order valence-corrected chi connectivity index (χ4v) is 3.61. The summed E-state index contributed by atoms with van der Waals surface area (Å²) >= 11 is 0. The van der Waals surface area contributed by atoms with E-state index in [1.165, 1.54) is 0 Å². The van der Waals surface area contributed by atoms with Gasteiger partial charge in [-0.05, 0) is 36.5 Å². The number of nitrogens with two attached hydrogens (primary N) is 2. The van der Waals surface area contributed by atoms with E-state index >= 15 is 0 Å². The summed E-state index contributed by atoms with van der Waals surface area (Å²) in [5.41, 5.74) is 11.8. The topological polar surface area (TPSA) is 202 Å². The number of rotatable bonds is 15. The number of ketones is 1. The Balaban J connectivity index is 6.80. The van der Waals surface area contributed by atoms with Crippen molar-refractivity contribution in [2.24, 2.45) is 35.1 Å². The molecule has 12 heteroatoms. The number of carbonyl (C=O) groups is 6. The van der Waals surface area contributed by atoms with Crippen molar-refractivity contribution in [1.29, 1.82) is 0 Å². The van der Waals surface area contributed by atoms with E-state index in [4.69, 9.17) is 11.5 Å². The molecule has 0 radical (unpaired) electrons. The van der Waals surface area contributed by atoms with Gasteiger partial charge in [0.05, 0.1) is 12.1 Å². The maximum atomic E-state index is 13.9. The van der Waals surface area contributed by atoms with E-state index in [2.05, 4.69) is 10.6 Å². The van der Waals surface area contributed by atoms with E-state index in [1.807, 2.05) is 0 Å². The Morgan fingerprint density at radius 1 is 0.763 bits per heavy atom. The normalized spacial score (nSPS) is 15.6. The number of hydrogen-bond donors (Lipinski definition) is 5. The first-order chi connectivity index (χ1) is 17.4. The first kappa shape index (κ1) is 35.1. The third-order valence-corrected chi connectivity index (χ3v) is 6.23. The Kier molecular flexibility index (Phi) is 14.4. The van der Waals surface area contributed by atoms with Gasteiger partial charge in [0.2, 0.25) is 17.6 Å². The maximum Gasteiger partial charge on any atom is 0.326 e. The van der Waals surface area contributed by atoms with Crippen molar-refractivity contribution in [2.75, 3.05) is 0 Å². The van der Waals surface area contributed by atoms with Crippen LogP contribution >= 0.6 is 0 Å². The Hall–Kier alpha value is -2.86. The molecule has 218 valence electrons. The summed E-state index contributed by atoms with van der Waals surface area (Å²) in [4.78, 5) is 78.7. The molecule has 0 saturated carbocycles.